The van der Waals surface area contributed by atoms with E-state index < -0.39 is 5.95 Å². The Labute approximate surface area is 115 Å². The molecule has 2 rings (SSSR count). The Bertz CT molecular complexity index is 596. The molecule has 0 fully saturated rings. The van der Waals surface area contributed by atoms with E-state index in [2.05, 4.69) is 4.98 Å². The van der Waals surface area contributed by atoms with Crippen LogP contribution in [-0.4, -0.2) is 22.8 Å². The fourth-order valence-electron chi connectivity index (χ4n) is 1.85. The van der Waals surface area contributed by atoms with E-state index in [-0.39, 0.29) is 17.8 Å². The quantitative estimate of drug-likeness (QED) is 0.807. The summed E-state index contributed by atoms with van der Waals surface area (Å²) in [5, 5.41) is 0. The summed E-state index contributed by atoms with van der Waals surface area (Å²) in [5.74, 6) is -1.22. The highest BCUT2D eigenvalue weighted by Crippen LogP contribution is 2.20. The molecule has 0 saturated carbocycles. The van der Waals surface area contributed by atoms with Crippen LogP contribution in [0.4, 0.5) is 8.78 Å². The highest BCUT2D eigenvalue weighted by atomic mass is 19.1. The molecule has 0 N–H and O–H groups in total. The summed E-state index contributed by atoms with van der Waals surface area (Å²) in [4.78, 5) is 17.2. The molecule has 0 saturated heterocycles. The van der Waals surface area contributed by atoms with Crippen LogP contribution in [0.3, 0.4) is 0 Å². The highest BCUT2D eigenvalue weighted by Gasteiger charge is 2.19. The number of halogens is 2. The van der Waals surface area contributed by atoms with Gasteiger partial charge in [0.2, 0.25) is 5.95 Å². The molecule has 0 spiro atoms. The van der Waals surface area contributed by atoms with E-state index in [1.54, 1.807) is 19.2 Å². The molecule has 0 aliphatic heterocycles. The van der Waals surface area contributed by atoms with Crippen LogP contribution in [0, 0.1) is 11.8 Å². The van der Waals surface area contributed by atoms with Crippen molar-refractivity contribution in [3.05, 3.63) is 65.5 Å². The Morgan fingerprint density at radius 2 is 1.80 bits per heavy atom. The predicted molar refractivity (Wildman–Crippen MR) is 71.1 cm³/mol. The summed E-state index contributed by atoms with van der Waals surface area (Å²) in [6.45, 7) is 1.84. The Morgan fingerprint density at radius 3 is 2.35 bits per heavy atom. The summed E-state index contributed by atoms with van der Waals surface area (Å²) in [6.07, 6.45) is 1.20. The van der Waals surface area contributed by atoms with E-state index in [4.69, 9.17) is 0 Å². The highest BCUT2D eigenvalue weighted by molar-refractivity contribution is 5.93. The second kappa shape index (κ2) is 5.77. The molecule has 1 aromatic carbocycles. The van der Waals surface area contributed by atoms with Gasteiger partial charge in [-0.2, -0.15) is 4.39 Å². The number of benzene rings is 1. The first kappa shape index (κ1) is 14.1. The number of hydrogen-bond acceptors (Lipinski definition) is 2. The average Bonchev–Trinajstić information content (AvgIpc) is 2.46. The molecular weight excluding hydrogens is 262 g/mol. The first-order valence-corrected chi connectivity index (χ1v) is 6.13. The minimum atomic E-state index is -0.629. The van der Waals surface area contributed by atoms with Crippen LogP contribution in [0.5, 0.6) is 0 Å². The minimum Gasteiger partial charge on any atom is -0.335 e. The SMILES string of the molecule is CC(c1ccc(F)cc1)N(C)C(=O)c1ccc(F)nc1. The largest absolute Gasteiger partial charge is 0.335 e. The van der Waals surface area contributed by atoms with Gasteiger partial charge in [0.05, 0.1) is 11.6 Å². The number of nitrogens with zero attached hydrogens (tertiary/aromatic N) is 2. The molecule has 104 valence electrons. The summed E-state index contributed by atoms with van der Waals surface area (Å²) in [5.41, 5.74) is 1.13. The lowest BCUT2D eigenvalue weighted by Gasteiger charge is -2.25. The summed E-state index contributed by atoms with van der Waals surface area (Å²) in [7, 11) is 1.64. The van der Waals surface area contributed by atoms with Gasteiger partial charge >= 0.3 is 0 Å². The third kappa shape index (κ3) is 2.99. The first-order chi connectivity index (χ1) is 9.49. The molecule has 1 aromatic heterocycles. The molecule has 20 heavy (non-hydrogen) atoms. The van der Waals surface area contributed by atoms with Gasteiger partial charge in [0.15, 0.2) is 0 Å². The summed E-state index contributed by atoms with van der Waals surface area (Å²) >= 11 is 0. The molecule has 0 bridgehead atoms. The molecule has 5 heteroatoms. The molecule has 0 radical (unpaired) electrons. The standard InChI is InChI=1S/C15H14F2N2O/c1-10(11-3-6-13(16)7-4-11)19(2)15(20)12-5-8-14(17)18-9-12/h3-10H,1-2H3. The van der Waals surface area contributed by atoms with Crippen LogP contribution in [0.15, 0.2) is 42.6 Å². The van der Waals surface area contributed by atoms with E-state index in [0.29, 0.717) is 5.56 Å². The zero-order valence-electron chi connectivity index (χ0n) is 11.2. The topological polar surface area (TPSA) is 33.2 Å². The molecule has 1 amide bonds. The van der Waals surface area contributed by atoms with Crippen molar-refractivity contribution in [2.45, 2.75) is 13.0 Å². The van der Waals surface area contributed by atoms with E-state index in [1.165, 1.54) is 29.3 Å². The monoisotopic (exact) mass is 276 g/mol. The van der Waals surface area contributed by atoms with Gasteiger partial charge < -0.3 is 4.90 Å². The average molecular weight is 276 g/mol. The molecule has 1 heterocycles. The second-order valence-corrected chi connectivity index (χ2v) is 4.51. The summed E-state index contributed by atoms with van der Waals surface area (Å²) < 4.78 is 25.6. The fraction of sp³-hybridized carbons (Fsp3) is 0.200. The number of rotatable bonds is 3. The van der Waals surface area contributed by atoms with Crippen LogP contribution in [-0.2, 0) is 0 Å². The van der Waals surface area contributed by atoms with Gasteiger partial charge in [0.25, 0.3) is 5.91 Å². The maximum absolute atomic E-state index is 12.9. The fourth-order valence-corrected chi connectivity index (χ4v) is 1.85. The zero-order chi connectivity index (χ0) is 14.7. The molecule has 0 aliphatic rings. The molecule has 3 nitrogen and oxygen atoms in total. The Balaban J connectivity index is 2.17. The normalized spacial score (nSPS) is 12.0. The maximum atomic E-state index is 12.9. The van der Waals surface area contributed by atoms with Crippen LogP contribution < -0.4 is 0 Å². The van der Waals surface area contributed by atoms with Gasteiger partial charge in [-0.25, -0.2) is 9.37 Å². The van der Waals surface area contributed by atoms with Crippen LogP contribution in [0.25, 0.3) is 0 Å². The Kier molecular flexibility index (Phi) is 4.08. The minimum absolute atomic E-state index is 0.229. The first-order valence-electron chi connectivity index (χ1n) is 6.13. The maximum Gasteiger partial charge on any atom is 0.255 e. The summed E-state index contributed by atoms with van der Waals surface area (Å²) in [6, 6.07) is 8.27. The molecule has 1 atom stereocenters. The smallest absolute Gasteiger partial charge is 0.255 e. The van der Waals surface area contributed by atoms with Gasteiger partial charge in [-0.15, -0.1) is 0 Å². The molecule has 1 unspecified atom stereocenters. The van der Waals surface area contributed by atoms with E-state index in [1.807, 2.05) is 6.92 Å². The number of amides is 1. The number of pyridine rings is 1. The molecule has 2 aromatic rings. The van der Waals surface area contributed by atoms with E-state index >= 15 is 0 Å². The number of carbonyl (C=O) groups excluding carboxylic acids is 1. The predicted octanol–water partition coefficient (Wildman–Crippen LogP) is 3.19. The van der Waals surface area contributed by atoms with Crippen molar-refractivity contribution in [2.24, 2.45) is 0 Å². The van der Waals surface area contributed by atoms with Gasteiger partial charge in [-0.1, -0.05) is 12.1 Å². The molecule has 0 aliphatic carbocycles. The van der Waals surface area contributed by atoms with Gasteiger partial charge in [-0.05, 0) is 36.8 Å². The van der Waals surface area contributed by atoms with Gasteiger partial charge in [0.1, 0.15) is 5.82 Å². The lowest BCUT2D eigenvalue weighted by atomic mass is 10.1. The lowest BCUT2D eigenvalue weighted by Crippen LogP contribution is -2.29. The van der Waals surface area contributed by atoms with E-state index in [0.717, 1.165) is 11.6 Å². The van der Waals surface area contributed by atoms with Crippen molar-refractivity contribution in [3.63, 3.8) is 0 Å². The van der Waals surface area contributed by atoms with Crippen molar-refractivity contribution in [2.75, 3.05) is 7.05 Å². The van der Waals surface area contributed by atoms with E-state index in [9.17, 15) is 13.6 Å². The van der Waals surface area contributed by atoms with Crippen LogP contribution in [0.2, 0.25) is 0 Å². The third-order valence-corrected chi connectivity index (χ3v) is 3.23. The lowest BCUT2D eigenvalue weighted by molar-refractivity contribution is 0.0742. The van der Waals surface area contributed by atoms with Crippen molar-refractivity contribution in [3.8, 4) is 0 Å². The Morgan fingerprint density at radius 1 is 1.15 bits per heavy atom. The molecular formula is C15H14F2N2O. The van der Waals surface area contributed by atoms with Crippen LogP contribution >= 0.6 is 0 Å². The van der Waals surface area contributed by atoms with Crippen molar-refractivity contribution >= 4 is 5.91 Å². The zero-order valence-corrected chi connectivity index (χ0v) is 11.2. The Hall–Kier alpha value is -2.30. The second-order valence-electron chi connectivity index (χ2n) is 4.51. The number of hydrogen-bond donors (Lipinski definition) is 0. The van der Waals surface area contributed by atoms with Crippen molar-refractivity contribution < 1.29 is 13.6 Å². The number of aromatic nitrogens is 1. The van der Waals surface area contributed by atoms with Gasteiger partial charge in [0, 0.05) is 13.2 Å². The van der Waals surface area contributed by atoms with Gasteiger partial charge in [-0.3, -0.25) is 4.79 Å². The van der Waals surface area contributed by atoms with Crippen molar-refractivity contribution in [1.29, 1.82) is 0 Å². The number of carbonyl (C=O) groups is 1. The van der Waals surface area contributed by atoms with Crippen molar-refractivity contribution in [1.82, 2.24) is 9.88 Å². The third-order valence-electron chi connectivity index (χ3n) is 3.23. The van der Waals surface area contributed by atoms with Crippen LogP contribution in [0.1, 0.15) is 28.9 Å².